The molecule has 7 aromatic carbocycles. The predicted molar refractivity (Wildman–Crippen MR) is 223 cm³/mol. The van der Waals surface area contributed by atoms with Crippen LogP contribution in [-0.2, 0) is 0 Å². The molecule has 0 spiro atoms. The third kappa shape index (κ3) is 6.04. The Labute approximate surface area is 318 Å². The van der Waals surface area contributed by atoms with Gasteiger partial charge >= 0.3 is 0 Å². The third-order valence-electron chi connectivity index (χ3n) is 9.92. The van der Waals surface area contributed by atoms with E-state index in [9.17, 15) is 0 Å². The van der Waals surface area contributed by atoms with Crippen molar-refractivity contribution in [3.05, 3.63) is 194 Å². The van der Waals surface area contributed by atoms with Crippen molar-refractivity contribution in [2.24, 2.45) is 0 Å². The summed E-state index contributed by atoms with van der Waals surface area (Å²) >= 11 is 0. The summed E-state index contributed by atoms with van der Waals surface area (Å²) < 4.78 is 6.97. The van der Waals surface area contributed by atoms with Crippen molar-refractivity contribution in [2.45, 2.75) is 0 Å². The Morgan fingerprint density at radius 1 is 0.327 bits per heavy atom. The Kier molecular flexibility index (Phi) is 8.08. The smallest absolute Gasteiger partial charge is 0.164 e. The number of hydrogen-bond donors (Lipinski definition) is 0. The van der Waals surface area contributed by atoms with E-state index in [4.69, 9.17) is 24.4 Å². The van der Waals surface area contributed by atoms with Crippen molar-refractivity contribution < 1.29 is 4.42 Å². The number of fused-ring (bicyclic) bond motifs is 3. The summed E-state index contributed by atoms with van der Waals surface area (Å²) in [6.07, 6.45) is 0. The van der Waals surface area contributed by atoms with Gasteiger partial charge < -0.3 is 4.42 Å². The topological polar surface area (TPSA) is 64.7 Å². The van der Waals surface area contributed by atoms with Crippen molar-refractivity contribution in [2.75, 3.05) is 0 Å². The average Bonchev–Trinajstić information content (AvgIpc) is 3.69. The molecule has 258 valence electrons. The van der Waals surface area contributed by atoms with Gasteiger partial charge in [-0.3, -0.25) is 0 Å². The van der Waals surface area contributed by atoms with Gasteiger partial charge in [-0.2, -0.15) is 0 Å². The maximum absolute atomic E-state index is 6.97. The highest BCUT2D eigenvalue weighted by molar-refractivity contribution is 6.18. The summed E-state index contributed by atoms with van der Waals surface area (Å²) in [5.74, 6) is 2.69. The van der Waals surface area contributed by atoms with E-state index in [2.05, 4.69) is 103 Å². The minimum absolute atomic E-state index is 0.616. The van der Waals surface area contributed by atoms with E-state index in [-0.39, 0.29) is 0 Å². The molecule has 3 aromatic heterocycles. The molecule has 55 heavy (non-hydrogen) atoms. The first-order valence-corrected chi connectivity index (χ1v) is 18.3. The maximum Gasteiger partial charge on any atom is 0.164 e. The molecule has 5 heteroatoms. The van der Waals surface area contributed by atoms with Crippen LogP contribution in [0.5, 0.6) is 0 Å². The lowest BCUT2D eigenvalue weighted by atomic mass is 9.93. The Morgan fingerprint density at radius 3 is 1.36 bits per heavy atom. The second kappa shape index (κ2) is 13.8. The Morgan fingerprint density at radius 2 is 0.764 bits per heavy atom. The molecule has 0 N–H and O–H groups in total. The van der Waals surface area contributed by atoms with Crippen LogP contribution in [0, 0.1) is 0 Å². The predicted octanol–water partition coefficient (Wildman–Crippen LogP) is 12.8. The van der Waals surface area contributed by atoms with Crippen molar-refractivity contribution in [1.29, 1.82) is 0 Å². The third-order valence-corrected chi connectivity index (χ3v) is 9.92. The fourth-order valence-corrected chi connectivity index (χ4v) is 7.30. The molecule has 0 atom stereocenters. The zero-order valence-corrected chi connectivity index (χ0v) is 29.7. The highest BCUT2D eigenvalue weighted by atomic mass is 16.3. The molecular weight excluding hydrogens is 673 g/mol. The number of aromatic nitrogens is 4. The van der Waals surface area contributed by atoms with E-state index in [0.29, 0.717) is 17.5 Å². The number of rotatable bonds is 7. The minimum Gasteiger partial charge on any atom is -0.453 e. The molecule has 0 radical (unpaired) electrons. The standard InChI is InChI=1S/C50H32N4O/c1-5-17-33(18-6-1)45-47-44(41-29-13-14-30-42(41)51-45)43(46(55-47)34-19-7-2-8-20-34)39-27-15-25-37(31-39)38-26-16-28-40(32-38)50-53-48(35-21-9-3-10-22-35)52-49(54-50)36-23-11-4-12-24-36/h1-32H. The fraction of sp³-hybridized carbons (Fsp3) is 0. The van der Waals surface area contributed by atoms with Gasteiger partial charge in [0.05, 0.1) is 5.52 Å². The lowest BCUT2D eigenvalue weighted by Crippen LogP contribution is -2.00. The van der Waals surface area contributed by atoms with Crippen LogP contribution < -0.4 is 0 Å². The van der Waals surface area contributed by atoms with Gasteiger partial charge in [-0.25, -0.2) is 19.9 Å². The van der Waals surface area contributed by atoms with Crippen LogP contribution in [0.2, 0.25) is 0 Å². The number of para-hydroxylation sites is 1. The van der Waals surface area contributed by atoms with Gasteiger partial charge in [0.2, 0.25) is 0 Å². The van der Waals surface area contributed by atoms with Gasteiger partial charge in [0, 0.05) is 44.2 Å². The molecule has 0 aliphatic rings. The summed E-state index contributed by atoms with van der Waals surface area (Å²) in [6.45, 7) is 0. The van der Waals surface area contributed by atoms with E-state index in [0.717, 1.165) is 83.4 Å². The van der Waals surface area contributed by atoms with E-state index < -0.39 is 0 Å². The zero-order valence-electron chi connectivity index (χ0n) is 29.7. The van der Waals surface area contributed by atoms with E-state index in [1.165, 1.54) is 0 Å². The first-order chi connectivity index (χ1) is 27.3. The lowest BCUT2D eigenvalue weighted by molar-refractivity contribution is 0.632. The van der Waals surface area contributed by atoms with E-state index in [1.54, 1.807) is 0 Å². The van der Waals surface area contributed by atoms with Crippen LogP contribution in [0.1, 0.15) is 0 Å². The van der Waals surface area contributed by atoms with Crippen molar-refractivity contribution >= 4 is 21.9 Å². The van der Waals surface area contributed by atoms with Crippen LogP contribution in [0.15, 0.2) is 199 Å². The number of hydrogen-bond acceptors (Lipinski definition) is 5. The zero-order chi connectivity index (χ0) is 36.6. The molecular formula is C50H32N4O. The summed E-state index contributed by atoms with van der Waals surface area (Å²) in [5, 5.41) is 2.09. The highest BCUT2D eigenvalue weighted by Gasteiger charge is 2.24. The molecule has 0 unspecified atom stereocenters. The van der Waals surface area contributed by atoms with Crippen LogP contribution in [-0.4, -0.2) is 19.9 Å². The first kappa shape index (κ1) is 32.2. The number of furan rings is 1. The van der Waals surface area contributed by atoms with Gasteiger partial charge in [-0.1, -0.05) is 176 Å². The van der Waals surface area contributed by atoms with Crippen molar-refractivity contribution in [3.63, 3.8) is 0 Å². The molecule has 0 bridgehead atoms. The molecule has 3 heterocycles. The van der Waals surface area contributed by atoms with Crippen molar-refractivity contribution in [3.8, 4) is 79.0 Å². The number of nitrogens with zero attached hydrogens (tertiary/aromatic N) is 4. The first-order valence-electron chi connectivity index (χ1n) is 18.3. The van der Waals surface area contributed by atoms with E-state index >= 15 is 0 Å². The Balaban J connectivity index is 1.15. The Hall–Kier alpha value is -7.50. The molecule has 0 aliphatic heterocycles. The second-order valence-corrected chi connectivity index (χ2v) is 13.4. The van der Waals surface area contributed by atoms with Crippen molar-refractivity contribution in [1.82, 2.24) is 19.9 Å². The van der Waals surface area contributed by atoms with Crippen LogP contribution in [0.25, 0.3) is 101 Å². The van der Waals surface area contributed by atoms with Crippen LogP contribution in [0.4, 0.5) is 0 Å². The fourth-order valence-electron chi connectivity index (χ4n) is 7.30. The molecule has 0 saturated heterocycles. The molecule has 10 aromatic rings. The normalized spacial score (nSPS) is 11.3. The average molecular weight is 705 g/mol. The molecule has 0 aliphatic carbocycles. The minimum atomic E-state index is 0.616. The number of pyridine rings is 1. The summed E-state index contributed by atoms with van der Waals surface area (Å²) in [6, 6.07) is 66.2. The molecule has 5 nitrogen and oxygen atoms in total. The number of benzene rings is 7. The molecule has 10 rings (SSSR count). The SMILES string of the molecule is c1ccc(-c2nc(-c3ccccc3)nc(-c3cccc(-c4cccc(-c5c(-c6ccccc6)oc6c(-c7ccccc7)nc7ccccc7c56)c4)c3)n2)cc1. The highest BCUT2D eigenvalue weighted by Crippen LogP contribution is 2.47. The summed E-state index contributed by atoms with van der Waals surface area (Å²) in [5.41, 5.74) is 11.5. The Bertz CT molecular complexity index is 2900. The monoisotopic (exact) mass is 704 g/mol. The summed E-state index contributed by atoms with van der Waals surface area (Å²) in [4.78, 5) is 20.0. The van der Waals surface area contributed by atoms with Gasteiger partial charge in [0.15, 0.2) is 23.1 Å². The lowest BCUT2D eigenvalue weighted by Gasteiger charge is -2.11. The quantitative estimate of drug-likeness (QED) is 0.165. The largest absolute Gasteiger partial charge is 0.453 e. The van der Waals surface area contributed by atoms with Gasteiger partial charge in [-0.15, -0.1) is 0 Å². The van der Waals surface area contributed by atoms with Gasteiger partial charge in [0.1, 0.15) is 11.5 Å². The molecule has 0 amide bonds. The van der Waals surface area contributed by atoms with E-state index in [1.807, 2.05) is 91.0 Å². The van der Waals surface area contributed by atoms with Crippen LogP contribution in [0.3, 0.4) is 0 Å². The second-order valence-electron chi connectivity index (χ2n) is 13.4. The van der Waals surface area contributed by atoms with Crippen LogP contribution >= 0.6 is 0 Å². The van der Waals surface area contributed by atoms with Gasteiger partial charge in [-0.05, 0) is 34.9 Å². The van der Waals surface area contributed by atoms with Gasteiger partial charge in [0.25, 0.3) is 0 Å². The molecule has 0 saturated carbocycles. The molecule has 0 fully saturated rings. The maximum atomic E-state index is 6.97. The summed E-state index contributed by atoms with van der Waals surface area (Å²) in [7, 11) is 0.